The van der Waals surface area contributed by atoms with E-state index in [1.807, 2.05) is 0 Å². The second kappa shape index (κ2) is 5.89. The molecule has 0 saturated heterocycles. The Morgan fingerprint density at radius 3 is 1.95 bits per heavy atom. The largest absolute Gasteiger partial charge is 0.282 e. The fourth-order valence-electron chi connectivity index (χ4n) is 1.40. The third-order valence-electron chi connectivity index (χ3n) is 2.34. The van der Waals surface area contributed by atoms with Crippen LogP contribution in [0.3, 0.4) is 0 Å². The third-order valence-corrected chi connectivity index (χ3v) is 2.34. The molecule has 5 nitrogen and oxygen atoms in total. The zero-order valence-electron chi connectivity index (χ0n) is 10.2. The van der Waals surface area contributed by atoms with Gasteiger partial charge in [0.2, 0.25) is 5.82 Å². The number of hydrazine groups is 3. The maximum atomic E-state index is 13.4. The molecule has 112 valence electrons. The highest BCUT2D eigenvalue weighted by Gasteiger charge is 2.26. The zero-order valence-corrected chi connectivity index (χ0v) is 10.2. The summed E-state index contributed by atoms with van der Waals surface area (Å²) in [7, 11) is 0. The molecule has 0 bridgehead atoms. The van der Waals surface area contributed by atoms with E-state index in [0.29, 0.717) is 5.23 Å². The molecule has 0 atom stereocenters. The lowest BCUT2D eigenvalue weighted by Gasteiger charge is -2.20. The Morgan fingerprint density at radius 1 is 0.857 bits per heavy atom. The van der Waals surface area contributed by atoms with Crippen molar-refractivity contribution in [3.63, 3.8) is 0 Å². The minimum Gasteiger partial charge on any atom is -0.282 e. The van der Waals surface area contributed by atoms with Gasteiger partial charge < -0.3 is 0 Å². The summed E-state index contributed by atoms with van der Waals surface area (Å²) in [5.74, 6) is -5.00. The number of benzene rings is 1. The third kappa shape index (κ3) is 3.01. The molecule has 0 aliphatic heterocycles. The molecular formula is C11H8F5N5. The maximum Gasteiger partial charge on any atom is 0.200 e. The molecule has 10 heteroatoms. The van der Waals surface area contributed by atoms with E-state index < -0.39 is 34.8 Å². The first-order chi connectivity index (χ1) is 9.91. The van der Waals surface area contributed by atoms with Gasteiger partial charge in [-0.15, -0.1) is 0 Å². The number of halogens is 5. The summed E-state index contributed by atoms with van der Waals surface area (Å²) in [5, 5.41) is 0.403. The molecule has 21 heavy (non-hydrogen) atoms. The van der Waals surface area contributed by atoms with Gasteiger partial charge in [-0.05, 0) is 12.1 Å². The monoisotopic (exact) mass is 305 g/mol. The Morgan fingerprint density at radius 2 is 1.43 bits per heavy atom. The topological polar surface area (TPSA) is 66.2 Å². The predicted molar refractivity (Wildman–Crippen MR) is 63.7 cm³/mol. The number of nitrogens with two attached hydrogens (primary N) is 1. The van der Waals surface area contributed by atoms with Crippen molar-refractivity contribution in [1.29, 1.82) is 0 Å². The number of hydrogen-bond donors (Lipinski definition) is 3. The van der Waals surface area contributed by atoms with Crippen LogP contribution in [-0.4, -0.2) is 10.2 Å². The molecule has 0 aliphatic carbocycles. The van der Waals surface area contributed by atoms with Gasteiger partial charge in [-0.2, -0.15) is 0 Å². The fourth-order valence-corrected chi connectivity index (χ4v) is 1.40. The van der Waals surface area contributed by atoms with Crippen molar-refractivity contribution in [2.45, 2.75) is 0 Å². The summed E-state index contributed by atoms with van der Waals surface area (Å²) in [4.78, 5) is 3.79. The van der Waals surface area contributed by atoms with Gasteiger partial charge >= 0.3 is 0 Å². The van der Waals surface area contributed by atoms with Gasteiger partial charge in [-0.3, -0.25) is 10.9 Å². The number of hydrogen-bond acceptors (Lipinski definition) is 5. The molecule has 0 unspecified atom stereocenters. The molecule has 2 aromatic rings. The van der Waals surface area contributed by atoms with Crippen molar-refractivity contribution in [2.24, 2.45) is 5.84 Å². The van der Waals surface area contributed by atoms with E-state index in [-0.39, 0.29) is 5.82 Å². The van der Waals surface area contributed by atoms with Crippen LogP contribution in [0.25, 0.3) is 0 Å². The Kier molecular flexibility index (Phi) is 4.19. The summed E-state index contributed by atoms with van der Waals surface area (Å²) in [5.41, 5.74) is 2.82. The number of aromatic nitrogens is 1. The quantitative estimate of drug-likeness (QED) is 0.266. The number of nitrogens with one attached hydrogen (secondary N) is 2. The minimum atomic E-state index is -2.25. The van der Waals surface area contributed by atoms with Crippen LogP contribution >= 0.6 is 0 Å². The molecule has 0 saturated carbocycles. The first-order valence-electron chi connectivity index (χ1n) is 5.42. The van der Waals surface area contributed by atoms with E-state index >= 15 is 0 Å². The van der Waals surface area contributed by atoms with Crippen LogP contribution in [0, 0.1) is 29.1 Å². The molecule has 0 radical (unpaired) electrons. The summed E-state index contributed by atoms with van der Waals surface area (Å²) in [6.07, 6.45) is 1.40. The summed E-state index contributed by atoms with van der Waals surface area (Å²) >= 11 is 0. The van der Waals surface area contributed by atoms with Crippen LogP contribution < -0.4 is 16.7 Å². The van der Waals surface area contributed by atoms with Gasteiger partial charge in [0.25, 0.3) is 0 Å². The van der Waals surface area contributed by atoms with E-state index in [2.05, 4.69) is 10.4 Å². The Hall–Kier alpha value is -2.46. The maximum absolute atomic E-state index is 13.4. The molecule has 0 aliphatic rings. The average molecular weight is 305 g/mol. The second-order valence-electron chi connectivity index (χ2n) is 3.75. The first-order valence-corrected chi connectivity index (χ1v) is 5.42. The minimum absolute atomic E-state index is 0.177. The van der Waals surface area contributed by atoms with E-state index in [1.165, 1.54) is 12.3 Å². The number of nitrogens with zero attached hydrogens (tertiary/aromatic N) is 2. The van der Waals surface area contributed by atoms with Crippen molar-refractivity contribution < 1.29 is 22.0 Å². The average Bonchev–Trinajstić information content (AvgIpc) is 2.48. The molecular weight excluding hydrogens is 297 g/mol. The van der Waals surface area contributed by atoms with Gasteiger partial charge in [0, 0.05) is 6.20 Å². The lowest BCUT2D eigenvalue weighted by molar-refractivity contribution is 0.364. The number of rotatable bonds is 4. The van der Waals surface area contributed by atoms with Crippen LogP contribution in [0.1, 0.15) is 0 Å². The van der Waals surface area contributed by atoms with Crippen molar-refractivity contribution in [3.8, 4) is 0 Å². The van der Waals surface area contributed by atoms with E-state index in [9.17, 15) is 22.0 Å². The molecule has 0 fully saturated rings. The van der Waals surface area contributed by atoms with Crippen LogP contribution in [-0.2, 0) is 0 Å². The highest BCUT2D eigenvalue weighted by Crippen LogP contribution is 2.27. The summed E-state index contributed by atoms with van der Waals surface area (Å²) < 4.78 is 65.6. The van der Waals surface area contributed by atoms with Gasteiger partial charge in [-0.25, -0.2) is 32.8 Å². The Balaban J connectivity index is 2.24. The van der Waals surface area contributed by atoms with Crippen LogP contribution in [0.5, 0.6) is 0 Å². The van der Waals surface area contributed by atoms with Crippen molar-refractivity contribution in [3.05, 3.63) is 53.5 Å². The zero-order chi connectivity index (χ0) is 15.6. The molecule has 1 heterocycles. The summed E-state index contributed by atoms with van der Waals surface area (Å²) in [6.45, 7) is 0. The molecule has 4 N–H and O–H groups in total. The molecule has 0 spiro atoms. The number of pyridine rings is 1. The molecule has 0 amide bonds. The van der Waals surface area contributed by atoms with Crippen molar-refractivity contribution >= 4 is 11.5 Å². The van der Waals surface area contributed by atoms with Crippen molar-refractivity contribution in [1.82, 2.24) is 10.2 Å². The second-order valence-corrected chi connectivity index (χ2v) is 3.75. The fraction of sp³-hybridized carbons (Fsp3) is 0. The first kappa shape index (κ1) is 14.9. The Bertz CT molecular complexity index is 622. The lowest BCUT2D eigenvalue weighted by atomic mass is 10.2. The normalized spacial score (nSPS) is 10.8. The van der Waals surface area contributed by atoms with Gasteiger partial charge in [0.15, 0.2) is 23.3 Å². The summed E-state index contributed by atoms with van der Waals surface area (Å²) in [6, 6.07) is 4.64. The predicted octanol–water partition coefficient (Wildman–Crippen LogP) is 2.31. The standard InChI is InChI=1S/C11H8F5N5/c12-6-7(13)9(15)11(10(16)8(6)14)20-21(17)19-5-3-1-2-4-18-5/h1-4,20H,17H2,(H,18,19). The number of anilines is 2. The molecule has 2 rings (SSSR count). The smallest absolute Gasteiger partial charge is 0.200 e. The Labute approximate surface area is 115 Å². The van der Waals surface area contributed by atoms with E-state index in [0.717, 1.165) is 0 Å². The van der Waals surface area contributed by atoms with Crippen LogP contribution in [0.2, 0.25) is 0 Å². The molecule has 1 aromatic carbocycles. The van der Waals surface area contributed by atoms with Gasteiger partial charge in [0.1, 0.15) is 11.5 Å². The van der Waals surface area contributed by atoms with Crippen LogP contribution in [0.4, 0.5) is 33.5 Å². The lowest BCUT2D eigenvalue weighted by Crippen LogP contribution is -2.42. The van der Waals surface area contributed by atoms with Crippen LogP contribution in [0.15, 0.2) is 24.4 Å². The molecule has 1 aromatic heterocycles. The van der Waals surface area contributed by atoms with Gasteiger partial charge in [-0.1, -0.05) is 11.3 Å². The highest BCUT2D eigenvalue weighted by molar-refractivity contribution is 5.47. The van der Waals surface area contributed by atoms with E-state index in [1.54, 1.807) is 17.6 Å². The van der Waals surface area contributed by atoms with E-state index in [4.69, 9.17) is 5.84 Å². The van der Waals surface area contributed by atoms with Crippen molar-refractivity contribution in [2.75, 3.05) is 10.9 Å². The highest BCUT2D eigenvalue weighted by atomic mass is 19.2. The SMILES string of the molecule is NN(Nc1ccccn1)Nc1c(F)c(F)c(F)c(F)c1F. The van der Waals surface area contributed by atoms with Gasteiger partial charge in [0.05, 0.1) is 0 Å².